The predicted molar refractivity (Wildman–Crippen MR) is 90.5 cm³/mol. The summed E-state index contributed by atoms with van der Waals surface area (Å²) in [5, 5.41) is 6.02. The van der Waals surface area contributed by atoms with Crippen molar-refractivity contribution >= 4 is 5.91 Å². The van der Waals surface area contributed by atoms with Gasteiger partial charge in [0.25, 0.3) is 0 Å². The van der Waals surface area contributed by atoms with Crippen LogP contribution in [0.4, 0.5) is 8.78 Å². The van der Waals surface area contributed by atoms with Crippen LogP contribution in [0.3, 0.4) is 0 Å². The van der Waals surface area contributed by atoms with Gasteiger partial charge in [-0.15, -0.1) is 0 Å². The van der Waals surface area contributed by atoms with Crippen molar-refractivity contribution in [3.63, 3.8) is 0 Å². The molecule has 2 unspecified atom stereocenters. The Kier molecular flexibility index (Phi) is 5.60. The van der Waals surface area contributed by atoms with E-state index in [1.165, 1.54) is 24.3 Å². The highest BCUT2D eigenvalue weighted by Crippen LogP contribution is 2.25. The Morgan fingerprint density at radius 3 is 2.40 bits per heavy atom. The molecule has 2 atom stereocenters. The molecule has 4 nitrogen and oxygen atoms in total. The van der Waals surface area contributed by atoms with Gasteiger partial charge in [-0.1, -0.05) is 12.1 Å². The average molecular weight is 346 g/mol. The van der Waals surface area contributed by atoms with Gasteiger partial charge in [-0.3, -0.25) is 4.79 Å². The number of rotatable bonds is 6. The number of carbonyl (C=O) groups is 1. The molecule has 25 heavy (non-hydrogen) atoms. The van der Waals surface area contributed by atoms with Gasteiger partial charge < -0.3 is 15.4 Å². The minimum absolute atomic E-state index is 0.0766. The molecule has 6 heteroatoms. The number of hydrogen-bond acceptors (Lipinski definition) is 3. The lowest BCUT2D eigenvalue weighted by Crippen LogP contribution is -2.41. The number of carbonyl (C=O) groups excluding carboxylic acids is 1. The van der Waals surface area contributed by atoms with Crippen LogP contribution in [0.5, 0.6) is 5.75 Å². The summed E-state index contributed by atoms with van der Waals surface area (Å²) in [6.07, 6.45) is 0.677. The summed E-state index contributed by atoms with van der Waals surface area (Å²) >= 11 is 0. The van der Waals surface area contributed by atoms with Crippen molar-refractivity contribution in [2.45, 2.75) is 18.4 Å². The molecular formula is C19H20F2N2O2. The van der Waals surface area contributed by atoms with Crippen LogP contribution in [0, 0.1) is 11.6 Å². The Morgan fingerprint density at radius 1 is 1.08 bits per heavy atom. The molecule has 3 rings (SSSR count). The number of halogens is 2. The third kappa shape index (κ3) is 4.76. The molecule has 0 aliphatic carbocycles. The summed E-state index contributed by atoms with van der Waals surface area (Å²) in [4.78, 5) is 12.2. The van der Waals surface area contributed by atoms with E-state index in [4.69, 9.17) is 4.74 Å². The minimum atomic E-state index is -0.316. The normalized spacial score (nSPS) is 19.6. The number of hydrogen-bond donors (Lipinski definition) is 2. The first-order valence-electron chi connectivity index (χ1n) is 8.27. The van der Waals surface area contributed by atoms with Crippen molar-refractivity contribution < 1.29 is 18.3 Å². The summed E-state index contributed by atoms with van der Waals surface area (Å²) in [7, 11) is 0. The molecule has 2 aromatic rings. The van der Waals surface area contributed by atoms with Crippen LogP contribution in [0.25, 0.3) is 0 Å². The Morgan fingerprint density at radius 2 is 1.72 bits per heavy atom. The smallest absolute Gasteiger partial charge is 0.237 e. The van der Waals surface area contributed by atoms with Gasteiger partial charge >= 0.3 is 0 Å². The molecule has 2 N–H and O–H groups in total. The van der Waals surface area contributed by atoms with Crippen molar-refractivity contribution in [1.29, 1.82) is 0 Å². The standard InChI is InChI=1S/C19H20F2N2O2/c20-15-3-1-13(2-4-15)14-11-18(23-12-14)19(24)22-9-10-25-17-7-5-16(21)6-8-17/h1-8,14,18,23H,9-12H2,(H,22,24). The Hall–Kier alpha value is -2.47. The van der Waals surface area contributed by atoms with Gasteiger partial charge in [-0.05, 0) is 54.3 Å². The van der Waals surface area contributed by atoms with Crippen LogP contribution < -0.4 is 15.4 Å². The van der Waals surface area contributed by atoms with Crippen molar-refractivity contribution in [2.75, 3.05) is 19.7 Å². The topological polar surface area (TPSA) is 50.4 Å². The van der Waals surface area contributed by atoms with Crippen LogP contribution in [0.1, 0.15) is 17.9 Å². The highest BCUT2D eigenvalue weighted by molar-refractivity contribution is 5.82. The zero-order valence-electron chi connectivity index (χ0n) is 13.7. The second-order valence-electron chi connectivity index (χ2n) is 6.04. The molecule has 0 aromatic heterocycles. The van der Waals surface area contributed by atoms with Crippen LogP contribution >= 0.6 is 0 Å². The summed E-state index contributed by atoms with van der Waals surface area (Å²) < 4.78 is 31.2. The van der Waals surface area contributed by atoms with E-state index in [1.54, 1.807) is 24.3 Å². The van der Waals surface area contributed by atoms with E-state index < -0.39 is 0 Å². The van der Waals surface area contributed by atoms with Crippen molar-refractivity contribution in [3.05, 3.63) is 65.7 Å². The maximum atomic E-state index is 13.0. The van der Waals surface area contributed by atoms with Crippen LogP contribution in [-0.4, -0.2) is 31.6 Å². The van der Waals surface area contributed by atoms with E-state index >= 15 is 0 Å². The Labute approximate surface area is 145 Å². The zero-order chi connectivity index (χ0) is 17.6. The third-order valence-corrected chi connectivity index (χ3v) is 4.27. The molecule has 0 bridgehead atoms. The summed E-state index contributed by atoms with van der Waals surface area (Å²) in [6, 6.07) is 11.9. The van der Waals surface area contributed by atoms with Gasteiger partial charge in [0.05, 0.1) is 12.6 Å². The molecule has 1 saturated heterocycles. The largest absolute Gasteiger partial charge is 0.492 e. The average Bonchev–Trinajstić information content (AvgIpc) is 3.11. The lowest BCUT2D eigenvalue weighted by atomic mass is 9.96. The molecule has 1 heterocycles. The van der Waals surface area contributed by atoms with Gasteiger partial charge in [-0.25, -0.2) is 8.78 Å². The maximum Gasteiger partial charge on any atom is 0.237 e. The first kappa shape index (κ1) is 17.4. The number of amides is 1. The Balaban J connectivity index is 1.40. The number of benzene rings is 2. The minimum Gasteiger partial charge on any atom is -0.492 e. The summed E-state index contributed by atoms with van der Waals surface area (Å²) in [6.45, 7) is 1.37. The van der Waals surface area contributed by atoms with Gasteiger partial charge in [0.1, 0.15) is 24.0 Å². The van der Waals surface area contributed by atoms with Crippen molar-refractivity contribution in [3.8, 4) is 5.75 Å². The van der Waals surface area contributed by atoms with Gasteiger partial charge in [-0.2, -0.15) is 0 Å². The molecule has 0 spiro atoms. The van der Waals surface area contributed by atoms with Gasteiger partial charge in [0, 0.05) is 6.54 Å². The van der Waals surface area contributed by atoms with Crippen LogP contribution in [0.2, 0.25) is 0 Å². The molecule has 1 fully saturated rings. The molecule has 1 aliphatic rings. The zero-order valence-corrected chi connectivity index (χ0v) is 13.7. The first-order chi connectivity index (χ1) is 12.1. The monoisotopic (exact) mass is 346 g/mol. The van der Waals surface area contributed by atoms with Crippen molar-refractivity contribution in [2.24, 2.45) is 0 Å². The van der Waals surface area contributed by atoms with E-state index in [0.29, 0.717) is 31.9 Å². The molecule has 0 radical (unpaired) electrons. The number of ether oxygens (including phenoxy) is 1. The van der Waals surface area contributed by atoms with E-state index in [1.807, 2.05) is 0 Å². The fraction of sp³-hybridized carbons (Fsp3) is 0.316. The highest BCUT2D eigenvalue weighted by Gasteiger charge is 2.29. The van der Waals surface area contributed by atoms with E-state index in [9.17, 15) is 13.6 Å². The Bertz CT molecular complexity index is 704. The van der Waals surface area contributed by atoms with Crippen LogP contribution in [0.15, 0.2) is 48.5 Å². The first-order valence-corrected chi connectivity index (χ1v) is 8.27. The fourth-order valence-corrected chi connectivity index (χ4v) is 2.92. The predicted octanol–water partition coefficient (Wildman–Crippen LogP) is 2.61. The molecular weight excluding hydrogens is 326 g/mol. The van der Waals surface area contributed by atoms with E-state index in [0.717, 1.165) is 5.56 Å². The molecule has 0 saturated carbocycles. The highest BCUT2D eigenvalue weighted by atomic mass is 19.1. The number of nitrogens with one attached hydrogen (secondary N) is 2. The molecule has 1 aliphatic heterocycles. The molecule has 1 amide bonds. The molecule has 2 aromatic carbocycles. The lowest BCUT2D eigenvalue weighted by molar-refractivity contribution is -0.122. The summed E-state index contributed by atoms with van der Waals surface area (Å²) in [5.74, 6) is 0.110. The second-order valence-corrected chi connectivity index (χ2v) is 6.04. The van der Waals surface area contributed by atoms with Crippen LogP contribution in [-0.2, 0) is 4.79 Å². The fourth-order valence-electron chi connectivity index (χ4n) is 2.92. The maximum absolute atomic E-state index is 13.0. The third-order valence-electron chi connectivity index (χ3n) is 4.27. The van der Waals surface area contributed by atoms with Crippen molar-refractivity contribution in [1.82, 2.24) is 10.6 Å². The second kappa shape index (κ2) is 8.07. The van der Waals surface area contributed by atoms with Gasteiger partial charge in [0.15, 0.2) is 0 Å². The summed E-state index contributed by atoms with van der Waals surface area (Å²) in [5.41, 5.74) is 1.03. The van der Waals surface area contributed by atoms with E-state index in [2.05, 4.69) is 10.6 Å². The lowest BCUT2D eigenvalue weighted by Gasteiger charge is -2.12. The van der Waals surface area contributed by atoms with E-state index in [-0.39, 0.29) is 29.5 Å². The molecule has 132 valence electrons. The quantitative estimate of drug-likeness (QED) is 0.791. The SMILES string of the molecule is O=C(NCCOc1ccc(F)cc1)C1CC(c2ccc(F)cc2)CN1. The van der Waals surface area contributed by atoms with Gasteiger partial charge in [0.2, 0.25) is 5.91 Å².